The molecule has 0 aliphatic carbocycles. The molecule has 12 heteroatoms. The number of halogens is 3. The lowest BCUT2D eigenvalue weighted by atomic mass is 10.0. The van der Waals surface area contributed by atoms with Gasteiger partial charge in [-0.15, -0.1) is 0 Å². The van der Waals surface area contributed by atoms with Crippen molar-refractivity contribution in [1.82, 2.24) is 14.5 Å². The van der Waals surface area contributed by atoms with Gasteiger partial charge in [-0.3, -0.25) is 9.59 Å². The van der Waals surface area contributed by atoms with Crippen LogP contribution in [-0.4, -0.2) is 62.7 Å². The summed E-state index contributed by atoms with van der Waals surface area (Å²) in [7, 11) is -1.73. The first-order chi connectivity index (χ1) is 18.9. The van der Waals surface area contributed by atoms with E-state index in [1.807, 2.05) is 30.3 Å². The molecule has 0 aliphatic rings. The number of rotatable bonds is 12. The van der Waals surface area contributed by atoms with Crippen molar-refractivity contribution in [1.29, 1.82) is 0 Å². The predicted molar refractivity (Wildman–Crippen MR) is 156 cm³/mol. The monoisotopic (exact) mass is 608 g/mol. The summed E-state index contributed by atoms with van der Waals surface area (Å²) < 4.78 is 43.0. The van der Waals surface area contributed by atoms with E-state index in [2.05, 4.69) is 5.32 Å². The van der Waals surface area contributed by atoms with Crippen molar-refractivity contribution in [3.05, 3.63) is 99.8 Å². The average molecular weight is 610 g/mol. The van der Waals surface area contributed by atoms with Crippen LogP contribution in [-0.2, 0) is 32.8 Å². The normalized spacial score (nSPS) is 12.2. The van der Waals surface area contributed by atoms with Gasteiger partial charge in [0.15, 0.2) is 0 Å². The van der Waals surface area contributed by atoms with Gasteiger partial charge in [0.25, 0.3) is 0 Å². The number of anilines is 1. The van der Waals surface area contributed by atoms with E-state index in [-0.39, 0.29) is 23.7 Å². The highest BCUT2D eigenvalue weighted by Crippen LogP contribution is 2.26. The summed E-state index contributed by atoms with van der Waals surface area (Å²) >= 11 is 12.3. The number of likely N-dealkylation sites (N-methyl/N-ethyl adjacent to an activating group) is 1. The van der Waals surface area contributed by atoms with Gasteiger partial charge in [-0.2, -0.15) is 12.7 Å². The summed E-state index contributed by atoms with van der Waals surface area (Å²) in [6.07, 6.45) is 0.153. The number of amides is 2. The van der Waals surface area contributed by atoms with E-state index in [0.29, 0.717) is 21.4 Å². The first-order valence-corrected chi connectivity index (χ1v) is 14.6. The second-order valence-corrected chi connectivity index (χ2v) is 12.0. The summed E-state index contributed by atoms with van der Waals surface area (Å²) in [4.78, 5) is 28.7. The highest BCUT2D eigenvalue weighted by molar-refractivity contribution is 7.90. The maximum absolute atomic E-state index is 14.8. The van der Waals surface area contributed by atoms with E-state index >= 15 is 0 Å². The second-order valence-electron chi connectivity index (χ2n) is 9.12. The molecular formula is C28H31Cl2FN4O4S. The first kappa shape index (κ1) is 31.3. The Kier molecular flexibility index (Phi) is 10.9. The number of carbonyl (C=O) groups excluding carboxylic acids is 2. The average Bonchev–Trinajstić information content (AvgIpc) is 2.92. The van der Waals surface area contributed by atoms with Crippen LogP contribution in [0.4, 0.5) is 10.1 Å². The molecule has 214 valence electrons. The molecule has 3 aromatic rings. The van der Waals surface area contributed by atoms with Crippen LogP contribution in [0, 0.1) is 5.82 Å². The minimum Gasteiger partial charge on any atom is -0.355 e. The fraction of sp³-hybridized carbons (Fsp3) is 0.286. The van der Waals surface area contributed by atoms with E-state index in [1.165, 1.54) is 37.2 Å². The lowest BCUT2D eigenvalue weighted by Gasteiger charge is -2.34. The van der Waals surface area contributed by atoms with Crippen molar-refractivity contribution in [2.24, 2.45) is 0 Å². The van der Waals surface area contributed by atoms with Crippen LogP contribution in [0.5, 0.6) is 0 Å². The van der Waals surface area contributed by atoms with Crippen molar-refractivity contribution in [3.63, 3.8) is 0 Å². The molecule has 3 aromatic carbocycles. The quantitative estimate of drug-likeness (QED) is 0.327. The highest BCUT2D eigenvalue weighted by atomic mass is 35.5. The molecule has 0 aromatic heterocycles. The van der Waals surface area contributed by atoms with Crippen LogP contribution in [0.1, 0.15) is 18.1 Å². The molecule has 40 heavy (non-hydrogen) atoms. The van der Waals surface area contributed by atoms with Crippen LogP contribution in [0.2, 0.25) is 10.0 Å². The third-order valence-corrected chi connectivity index (χ3v) is 8.64. The molecule has 0 unspecified atom stereocenters. The maximum Gasteiger partial charge on any atom is 0.304 e. The maximum atomic E-state index is 14.8. The van der Waals surface area contributed by atoms with Crippen molar-refractivity contribution < 1.29 is 22.4 Å². The molecule has 1 N–H and O–H groups in total. The van der Waals surface area contributed by atoms with Gasteiger partial charge < -0.3 is 10.2 Å². The zero-order chi connectivity index (χ0) is 29.4. The molecule has 8 nitrogen and oxygen atoms in total. The van der Waals surface area contributed by atoms with Crippen LogP contribution in [0.15, 0.2) is 72.8 Å². The van der Waals surface area contributed by atoms with Crippen molar-refractivity contribution >= 4 is 50.9 Å². The predicted octanol–water partition coefficient (Wildman–Crippen LogP) is 4.52. The van der Waals surface area contributed by atoms with Gasteiger partial charge in [0, 0.05) is 33.6 Å². The molecule has 0 heterocycles. The van der Waals surface area contributed by atoms with Crippen molar-refractivity contribution in [3.8, 4) is 0 Å². The van der Waals surface area contributed by atoms with Crippen molar-refractivity contribution in [2.45, 2.75) is 25.9 Å². The molecule has 0 saturated heterocycles. The third kappa shape index (κ3) is 7.72. The Bertz CT molecular complexity index is 1440. The number of carbonyl (C=O) groups is 2. The Morgan fingerprint density at radius 3 is 2.17 bits per heavy atom. The van der Waals surface area contributed by atoms with Crippen LogP contribution in [0.3, 0.4) is 0 Å². The number of nitrogens with one attached hydrogen (secondary N) is 1. The molecule has 1 atom stereocenters. The number of benzene rings is 3. The highest BCUT2D eigenvalue weighted by Gasteiger charge is 2.35. The van der Waals surface area contributed by atoms with Crippen LogP contribution >= 0.6 is 23.2 Å². The SMILES string of the molecule is CCNC(=O)[C@@H](Cc1ccccc1)N(Cc1ccc(Cl)c(Cl)c1)C(=O)CN(c1ccccc1F)S(=O)(=O)N(C)C. The van der Waals surface area contributed by atoms with Gasteiger partial charge in [-0.25, -0.2) is 8.70 Å². The van der Waals surface area contributed by atoms with Crippen LogP contribution < -0.4 is 9.62 Å². The number of para-hydroxylation sites is 1. The van der Waals surface area contributed by atoms with E-state index in [1.54, 1.807) is 25.1 Å². The Labute approximate surface area is 244 Å². The molecule has 0 radical (unpaired) electrons. The minimum atomic E-state index is -4.30. The van der Waals surface area contributed by atoms with E-state index < -0.39 is 40.4 Å². The summed E-state index contributed by atoms with van der Waals surface area (Å²) in [5, 5.41) is 3.34. The standard InChI is InChI=1S/C28H31Cl2FN4O4S/c1-4-32-28(37)26(17-20-10-6-5-7-11-20)34(18-21-14-15-22(29)23(30)16-21)27(36)19-35(40(38,39)33(2)3)25-13-9-8-12-24(25)31/h5-16,26H,4,17-19H2,1-3H3,(H,32,37)/t26-/m1/s1. The Hall–Kier alpha value is -3.18. The van der Waals surface area contributed by atoms with E-state index in [0.717, 1.165) is 15.9 Å². The topological polar surface area (TPSA) is 90.0 Å². The molecule has 0 aliphatic heterocycles. The summed E-state index contributed by atoms with van der Waals surface area (Å²) in [6, 6.07) is 18.2. The van der Waals surface area contributed by atoms with Gasteiger partial charge >= 0.3 is 10.2 Å². The minimum absolute atomic E-state index is 0.0858. The second kappa shape index (κ2) is 13.9. The molecule has 0 saturated carbocycles. The number of hydrogen-bond donors (Lipinski definition) is 1. The molecule has 0 bridgehead atoms. The third-order valence-electron chi connectivity index (χ3n) is 6.10. The number of nitrogens with zero attached hydrogens (tertiary/aromatic N) is 3. The number of hydrogen-bond acceptors (Lipinski definition) is 4. The van der Waals surface area contributed by atoms with Gasteiger partial charge in [0.1, 0.15) is 18.4 Å². The van der Waals surface area contributed by atoms with E-state index in [9.17, 15) is 22.4 Å². The molecule has 3 rings (SSSR count). The Morgan fingerprint density at radius 2 is 1.57 bits per heavy atom. The lowest BCUT2D eigenvalue weighted by Crippen LogP contribution is -2.54. The summed E-state index contributed by atoms with van der Waals surface area (Å²) in [6.45, 7) is 1.23. The molecule has 0 fully saturated rings. The fourth-order valence-electron chi connectivity index (χ4n) is 4.04. The zero-order valence-electron chi connectivity index (χ0n) is 22.4. The Morgan fingerprint density at radius 1 is 0.925 bits per heavy atom. The van der Waals surface area contributed by atoms with Gasteiger partial charge in [0.2, 0.25) is 11.8 Å². The fourth-order valence-corrected chi connectivity index (χ4v) is 5.42. The Balaban J connectivity index is 2.11. The molecule has 0 spiro atoms. The largest absolute Gasteiger partial charge is 0.355 e. The summed E-state index contributed by atoms with van der Waals surface area (Å²) in [5.41, 5.74) is 1.06. The zero-order valence-corrected chi connectivity index (χ0v) is 24.7. The first-order valence-electron chi connectivity index (χ1n) is 12.5. The smallest absolute Gasteiger partial charge is 0.304 e. The van der Waals surface area contributed by atoms with Gasteiger partial charge in [-0.1, -0.05) is 71.7 Å². The van der Waals surface area contributed by atoms with E-state index in [4.69, 9.17) is 23.2 Å². The molecular weight excluding hydrogens is 578 g/mol. The van der Waals surface area contributed by atoms with Crippen LogP contribution in [0.25, 0.3) is 0 Å². The summed E-state index contributed by atoms with van der Waals surface area (Å²) in [5.74, 6) is -1.96. The van der Waals surface area contributed by atoms with Gasteiger partial charge in [-0.05, 0) is 42.3 Å². The van der Waals surface area contributed by atoms with Crippen molar-refractivity contribution in [2.75, 3.05) is 31.5 Å². The molecule has 2 amide bonds. The van der Waals surface area contributed by atoms with Gasteiger partial charge in [0.05, 0.1) is 15.7 Å². The lowest BCUT2D eigenvalue weighted by molar-refractivity contribution is -0.140.